The van der Waals surface area contributed by atoms with Crippen LogP contribution in [0.15, 0.2) is 47.4 Å². The van der Waals surface area contributed by atoms with Crippen LogP contribution >= 0.6 is 11.6 Å². The number of carbonyl (C=O) groups excluding carboxylic acids is 2. The lowest BCUT2D eigenvalue weighted by Crippen LogP contribution is -2.20. The molecule has 3 aromatic carbocycles. The molecule has 3 N–H and O–H groups in total. The maximum absolute atomic E-state index is 12.9. The number of sulfone groups is 1. The molecule has 180 valence electrons. The van der Waals surface area contributed by atoms with Crippen molar-refractivity contribution in [1.29, 1.82) is 0 Å². The standard InChI is InChI=1S/C25H22ClN3O5S/c1-27-8-5-9-35(33,34)20-12-17-15(11-19(20)30)21-18(29(17)2)10-14(13-6-3-4-7-16(13)26)22-23(21)25(32)28-24(22)31/h3-4,6-7,10-12,27,30H,5,8-9H2,1-2H3,(H,28,31,32). The summed E-state index contributed by atoms with van der Waals surface area (Å²) in [5.74, 6) is -1.62. The summed E-state index contributed by atoms with van der Waals surface area (Å²) in [6.45, 7) is 0.524. The van der Waals surface area contributed by atoms with E-state index in [0.717, 1.165) is 0 Å². The van der Waals surface area contributed by atoms with E-state index in [9.17, 15) is 23.1 Å². The highest BCUT2D eigenvalue weighted by Gasteiger charge is 2.35. The van der Waals surface area contributed by atoms with Gasteiger partial charge in [0.25, 0.3) is 11.8 Å². The quantitative estimate of drug-likeness (QED) is 0.269. The molecule has 1 aliphatic rings. The fourth-order valence-electron chi connectivity index (χ4n) is 4.75. The van der Waals surface area contributed by atoms with Gasteiger partial charge in [-0.15, -0.1) is 0 Å². The normalized spacial score (nSPS) is 13.6. The zero-order valence-electron chi connectivity index (χ0n) is 19.0. The second kappa shape index (κ2) is 8.37. The van der Waals surface area contributed by atoms with Crippen molar-refractivity contribution in [1.82, 2.24) is 15.2 Å². The Labute approximate surface area is 206 Å². The maximum Gasteiger partial charge on any atom is 0.259 e. The van der Waals surface area contributed by atoms with Gasteiger partial charge in [-0.05, 0) is 49.8 Å². The molecule has 0 aliphatic carbocycles. The highest BCUT2D eigenvalue weighted by atomic mass is 35.5. The smallest absolute Gasteiger partial charge is 0.259 e. The van der Waals surface area contributed by atoms with Crippen LogP contribution in [0.5, 0.6) is 5.75 Å². The molecule has 1 aliphatic heterocycles. The van der Waals surface area contributed by atoms with Crippen molar-refractivity contribution >= 4 is 55.1 Å². The maximum atomic E-state index is 12.9. The summed E-state index contributed by atoms with van der Waals surface area (Å²) in [4.78, 5) is 25.6. The van der Waals surface area contributed by atoms with Crippen molar-refractivity contribution in [2.45, 2.75) is 11.3 Å². The van der Waals surface area contributed by atoms with Gasteiger partial charge in [-0.25, -0.2) is 8.42 Å². The Bertz CT molecular complexity index is 1670. The van der Waals surface area contributed by atoms with Crippen molar-refractivity contribution in [2.24, 2.45) is 7.05 Å². The van der Waals surface area contributed by atoms with Gasteiger partial charge >= 0.3 is 0 Å². The monoisotopic (exact) mass is 511 g/mol. The lowest BCUT2D eigenvalue weighted by Gasteiger charge is -2.10. The number of carbonyl (C=O) groups is 2. The van der Waals surface area contributed by atoms with E-state index in [4.69, 9.17) is 11.6 Å². The topological polar surface area (TPSA) is 118 Å². The number of nitrogens with one attached hydrogen (secondary N) is 2. The van der Waals surface area contributed by atoms with E-state index in [1.165, 1.54) is 12.1 Å². The fourth-order valence-corrected chi connectivity index (χ4v) is 6.40. The Hall–Kier alpha value is -3.40. The Kier molecular flexibility index (Phi) is 5.58. The predicted octanol–water partition coefficient (Wildman–Crippen LogP) is 3.62. The van der Waals surface area contributed by atoms with Crippen LogP contribution in [0.2, 0.25) is 5.02 Å². The van der Waals surface area contributed by atoms with Crippen LogP contribution in [0.4, 0.5) is 0 Å². The molecular formula is C25H22ClN3O5S. The third-order valence-corrected chi connectivity index (χ3v) is 8.55. The summed E-state index contributed by atoms with van der Waals surface area (Å²) in [6.07, 6.45) is 0.391. The number of benzene rings is 3. The van der Waals surface area contributed by atoms with Gasteiger partial charge in [0.1, 0.15) is 10.6 Å². The summed E-state index contributed by atoms with van der Waals surface area (Å²) in [5.41, 5.74) is 2.58. The van der Waals surface area contributed by atoms with Crippen LogP contribution in [0, 0.1) is 0 Å². The molecule has 10 heteroatoms. The molecule has 0 bridgehead atoms. The van der Waals surface area contributed by atoms with Crippen LogP contribution in [-0.2, 0) is 16.9 Å². The summed E-state index contributed by atoms with van der Waals surface area (Å²) in [5, 5.41) is 17.4. The summed E-state index contributed by atoms with van der Waals surface area (Å²) >= 11 is 6.43. The van der Waals surface area contributed by atoms with Gasteiger partial charge < -0.3 is 15.0 Å². The molecule has 2 heterocycles. The first-order valence-electron chi connectivity index (χ1n) is 11.0. The molecule has 0 saturated carbocycles. The SMILES string of the molecule is CNCCCS(=O)(=O)c1cc2c(cc1O)c1c3c(c(-c4ccccc4Cl)cc1n2C)C(=O)NC3=O. The van der Waals surface area contributed by atoms with E-state index in [2.05, 4.69) is 10.6 Å². The number of rotatable bonds is 6. The molecule has 0 fully saturated rings. The van der Waals surface area contributed by atoms with E-state index in [0.29, 0.717) is 50.9 Å². The number of hydrogen-bond acceptors (Lipinski definition) is 6. The minimum atomic E-state index is -3.75. The number of aromatic hydroxyl groups is 1. The van der Waals surface area contributed by atoms with E-state index in [1.54, 1.807) is 49.0 Å². The van der Waals surface area contributed by atoms with Crippen molar-refractivity contribution in [3.8, 4) is 16.9 Å². The third-order valence-electron chi connectivity index (χ3n) is 6.40. The molecule has 0 atom stereocenters. The highest BCUT2D eigenvalue weighted by Crippen LogP contribution is 2.43. The fraction of sp³-hybridized carbons (Fsp3) is 0.200. The van der Waals surface area contributed by atoms with Crippen molar-refractivity contribution in [3.63, 3.8) is 0 Å². The van der Waals surface area contributed by atoms with Crippen LogP contribution in [0.25, 0.3) is 32.9 Å². The number of nitrogens with zero attached hydrogens (tertiary/aromatic N) is 1. The van der Waals surface area contributed by atoms with E-state index in [-0.39, 0.29) is 21.8 Å². The van der Waals surface area contributed by atoms with Gasteiger partial charge in [-0.1, -0.05) is 29.8 Å². The molecule has 0 saturated heterocycles. The first-order chi connectivity index (χ1) is 16.7. The van der Waals surface area contributed by atoms with Gasteiger partial charge in [0.15, 0.2) is 9.84 Å². The molecule has 8 nitrogen and oxygen atoms in total. The minimum absolute atomic E-state index is 0.125. The molecule has 1 aromatic heterocycles. The van der Waals surface area contributed by atoms with Gasteiger partial charge in [0.05, 0.1) is 27.9 Å². The molecule has 5 rings (SSSR count). The van der Waals surface area contributed by atoms with Crippen LogP contribution in [0.3, 0.4) is 0 Å². The first kappa shape index (κ1) is 23.3. The zero-order valence-corrected chi connectivity index (χ0v) is 20.5. The first-order valence-corrected chi connectivity index (χ1v) is 13.0. The number of halogens is 1. The van der Waals surface area contributed by atoms with Gasteiger partial charge in [0, 0.05) is 28.4 Å². The number of imide groups is 1. The lowest BCUT2D eigenvalue weighted by atomic mass is 9.93. The van der Waals surface area contributed by atoms with E-state index in [1.807, 2.05) is 0 Å². The largest absolute Gasteiger partial charge is 0.507 e. The molecule has 0 spiro atoms. The zero-order chi connectivity index (χ0) is 25.1. The molecular weight excluding hydrogens is 490 g/mol. The van der Waals surface area contributed by atoms with Crippen molar-refractivity contribution in [2.75, 3.05) is 19.3 Å². The molecule has 0 unspecified atom stereocenters. The van der Waals surface area contributed by atoms with Gasteiger partial charge in [-0.3, -0.25) is 14.9 Å². The average molecular weight is 512 g/mol. The second-order valence-electron chi connectivity index (χ2n) is 8.50. The van der Waals surface area contributed by atoms with Gasteiger partial charge in [0.2, 0.25) is 0 Å². The third kappa shape index (κ3) is 3.58. The summed E-state index contributed by atoms with van der Waals surface area (Å²) in [7, 11) is -0.266. The van der Waals surface area contributed by atoms with Crippen molar-refractivity contribution < 1.29 is 23.1 Å². The number of aryl methyl sites for hydroxylation is 1. The number of phenols is 1. The predicted molar refractivity (Wildman–Crippen MR) is 135 cm³/mol. The summed E-state index contributed by atoms with van der Waals surface area (Å²) < 4.78 is 27.6. The number of hydrogen-bond donors (Lipinski definition) is 3. The molecule has 0 radical (unpaired) electrons. The molecule has 35 heavy (non-hydrogen) atoms. The Morgan fingerprint density at radius 3 is 2.46 bits per heavy atom. The highest BCUT2D eigenvalue weighted by molar-refractivity contribution is 7.91. The van der Waals surface area contributed by atoms with Crippen molar-refractivity contribution in [3.05, 3.63) is 58.6 Å². The minimum Gasteiger partial charge on any atom is -0.507 e. The van der Waals surface area contributed by atoms with E-state index < -0.39 is 27.4 Å². The average Bonchev–Trinajstić information content (AvgIpc) is 3.26. The second-order valence-corrected chi connectivity index (χ2v) is 11.0. The number of aromatic nitrogens is 1. The van der Waals surface area contributed by atoms with Crippen LogP contribution in [-0.4, -0.2) is 49.3 Å². The van der Waals surface area contributed by atoms with Crippen LogP contribution in [0.1, 0.15) is 27.1 Å². The number of phenolic OH excluding ortho intramolecular Hbond substituents is 1. The lowest BCUT2D eigenvalue weighted by molar-refractivity contribution is 0.0880. The Balaban J connectivity index is 1.84. The Morgan fingerprint density at radius 2 is 1.74 bits per heavy atom. The van der Waals surface area contributed by atoms with E-state index >= 15 is 0 Å². The number of fused-ring (bicyclic) bond motifs is 5. The van der Waals surface area contributed by atoms with Gasteiger partial charge in [-0.2, -0.15) is 0 Å². The summed E-state index contributed by atoms with van der Waals surface area (Å²) in [6, 6.07) is 11.6. The molecule has 2 amide bonds. The van der Waals surface area contributed by atoms with Crippen LogP contribution < -0.4 is 10.6 Å². The number of amides is 2. The molecule has 4 aromatic rings. The Morgan fingerprint density at radius 1 is 1.03 bits per heavy atom.